The molecule has 19 heavy (non-hydrogen) atoms. The Bertz CT molecular complexity index is 488. The van der Waals surface area contributed by atoms with Crippen molar-refractivity contribution in [1.82, 2.24) is 9.80 Å². The van der Waals surface area contributed by atoms with Gasteiger partial charge in [-0.15, -0.1) is 0 Å². The number of carbonyl (C=O) groups is 1. The molecule has 0 aliphatic carbocycles. The molecule has 1 atom stereocenters. The third kappa shape index (κ3) is 2.21. The van der Waals surface area contributed by atoms with Gasteiger partial charge in [-0.05, 0) is 18.1 Å². The van der Waals surface area contributed by atoms with Gasteiger partial charge in [0.15, 0.2) is 0 Å². The first kappa shape index (κ1) is 12.5. The first-order valence-electron chi connectivity index (χ1n) is 6.95. The van der Waals surface area contributed by atoms with Gasteiger partial charge in [0.2, 0.25) is 5.91 Å². The SMILES string of the molecule is CN1CCC(N2CCN(C)c3ccccc3C2)C1=O. The molecule has 0 aromatic heterocycles. The van der Waals surface area contributed by atoms with Gasteiger partial charge in [-0.3, -0.25) is 9.69 Å². The van der Waals surface area contributed by atoms with Crippen LogP contribution in [-0.4, -0.2) is 55.5 Å². The molecule has 0 bridgehead atoms. The zero-order valence-electron chi connectivity index (χ0n) is 11.7. The van der Waals surface area contributed by atoms with Crippen LogP contribution in [0.2, 0.25) is 0 Å². The van der Waals surface area contributed by atoms with Crippen LogP contribution in [0.25, 0.3) is 0 Å². The van der Waals surface area contributed by atoms with E-state index >= 15 is 0 Å². The third-order valence-corrected chi connectivity index (χ3v) is 4.34. The minimum atomic E-state index is 0.0737. The van der Waals surface area contributed by atoms with Crippen LogP contribution in [0.1, 0.15) is 12.0 Å². The summed E-state index contributed by atoms with van der Waals surface area (Å²) in [6.07, 6.45) is 0.960. The van der Waals surface area contributed by atoms with Crippen LogP contribution in [0.4, 0.5) is 5.69 Å². The lowest BCUT2D eigenvalue weighted by atomic mass is 10.1. The Kier molecular flexibility index (Phi) is 3.19. The van der Waals surface area contributed by atoms with Crippen molar-refractivity contribution in [3.05, 3.63) is 29.8 Å². The fourth-order valence-electron chi connectivity index (χ4n) is 3.12. The predicted octanol–water partition coefficient (Wildman–Crippen LogP) is 1.17. The molecule has 0 radical (unpaired) electrons. The highest BCUT2D eigenvalue weighted by atomic mass is 16.2. The summed E-state index contributed by atoms with van der Waals surface area (Å²) < 4.78 is 0. The van der Waals surface area contributed by atoms with Crippen molar-refractivity contribution in [3.63, 3.8) is 0 Å². The highest BCUT2D eigenvalue weighted by Gasteiger charge is 2.35. The third-order valence-electron chi connectivity index (χ3n) is 4.34. The number of likely N-dealkylation sites (tertiary alicyclic amines) is 1. The summed E-state index contributed by atoms with van der Waals surface area (Å²) in [5.41, 5.74) is 2.62. The molecule has 2 aliphatic rings. The second kappa shape index (κ2) is 4.85. The van der Waals surface area contributed by atoms with E-state index in [0.29, 0.717) is 0 Å². The molecule has 1 fully saturated rings. The summed E-state index contributed by atoms with van der Waals surface area (Å²) in [5, 5.41) is 0. The molecule has 1 unspecified atom stereocenters. The van der Waals surface area contributed by atoms with Crippen molar-refractivity contribution in [2.45, 2.75) is 19.0 Å². The number of benzene rings is 1. The number of likely N-dealkylation sites (N-methyl/N-ethyl adjacent to an activating group) is 2. The van der Waals surface area contributed by atoms with Crippen LogP contribution in [0.3, 0.4) is 0 Å². The van der Waals surface area contributed by atoms with Gasteiger partial charge in [0.1, 0.15) is 0 Å². The second-order valence-electron chi connectivity index (χ2n) is 5.59. The van der Waals surface area contributed by atoms with Crippen LogP contribution in [0.15, 0.2) is 24.3 Å². The summed E-state index contributed by atoms with van der Waals surface area (Å²) in [7, 11) is 4.03. The van der Waals surface area contributed by atoms with Crippen molar-refractivity contribution in [2.75, 3.05) is 38.6 Å². The summed E-state index contributed by atoms with van der Waals surface area (Å²) in [4.78, 5) is 18.7. The number of hydrogen-bond donors (Lipinski definition) is 0. The van der Waals surface area contributed by atoms with Gasteiger partial charge in [-0.2, -0.15) is 0 Å². The smallest absolute Gasteiger partial charge is 0.239 e. The van der Waals surface area contributed by atoms with Gasteiger partial charge in [0, 0.05) is 46.0 Å². The lowest BCUT2D eigenvalue weighted by molar-refractivity contribution is -0.131. The molecule has 0 spiro atoms. The van der Waals surface area contributed by atoms with E-state index < -0.39 is 0 Å². The molecule has 2 aliphatic heterocycles. The summed E-state index contributed by atoms with van der Waals surface area (Å²) >= 11 is 0. The zero-order chi connectivity index (χ0) is 13.4. The maximum atomic E-state index is 12.2. The Labute approximate surface area is 114 Å². The molecule has 4 heteroatoms. The molecule has 1 aromatic carbocycles. The minimum Gasteiger partial charge on any atom is -0.373 e. The maximum Gasteiger partial charge on any atom is 0.239 e. The van der Waals surface area contributed by atoms with Gasteiger partial charge in [0.05, 0.1) is 6.04 Å². The number of amides is 1. The normalized spacial score (nSPS) is 24.5. The van der Waals surface area contributed by atoms with Crippen molar-refractivity contribution in [2.24, 2.45) is 0 Å². The molecule has 102 valence electrons. The molecule has 1 amide bonds. The van der Waals surface area contributed by atoms with Gasteiger partial charge >= 0.3 is 0 Å². The van der Waals surface area contributed by atoms with Crippen LogP contribution in [0.5, 0.6) is 0 Å². The first-order valence-corrected chi connectivity index (χ1v) is 6.95. The van der Waals surface area contributed by atoms with E-state index in [0.717, 1.165) is 32.6 Å². The molecule has 1 saturated heterocycles. The summed E-state index contributed by atoms with van der Waals surface area (Å²) in [5.74, 6) is 0.280. The van der Waals surface area contributed by atoms with E-state index in [-0.39, 0.29) is 11.9 Å². The van der Waals surface area contributed by atoms with E-state index in [9.17, 15) is 4.79 Å². The van der Waals surface area contributed by atoms with Gasteiger partial charge in [-0.1, -0.05) is 18.2 Å². The Hall–Kier alpha value is -1.55. The first-order chi connectivity index (χ1) is 9.16. The van der Waals surface area contributed by atoms with Gasteiger partial charge < -0.3 is 9.80 Å². The molecule has 0 N–H and O–H groups in total. The average Bonchev–Trinajstić information content (AvgIpc) is 2.66. The molecule has 4 nitrogen and oxygen atoms in total. The Morgan fingerprint density at radius 2 is 1.84 bits per heavy atom. The topological polar surface area (TPSA) is 26.8 Å². The Morgan fingerprint density at radius 1 is 1.05 bits per heavy atom. The molecule has 3 rings (SSSR count). The number of rotatable bonds is 1. The molecule has 2 heterocycles. The molecular formula is C15H21N3O. The van der Waals surface area contributed by atoms with Gasteiger partial charge in [-0.25, -0.2) is 0 Å². The van der Waals surface area contributed by atoms with Crippen LogP contribution in [0, 0.1) is 0 Å². The fraction of sp³-hybridized carbons (Fsp3) is 0.533. The summed E-state index contributed by atoms with van der Waals surface area (Å²) in [6, 6.07) is 8.58. The number of fused-ring (bicyclic) bond motifs is 1. The summed E-state index contributed by atoms with van der Waals surface area (Å²) in [6.45, 7) is 3.70. The number of para-hydroxylation sites is 1. The predicted molar refractivity (Wildman–Crippen MR) is 76.2 cm³/mol. The van der Waals surface area contributed by atoms with Crippen molar-refractivity contribution >= 4 is 11.6 Å². The van der Waals surface area contributed by atoms with Crippen LogP contribution >= 0.6 is 0 Å². The monoisotopic (exact) mass is 259 g/mol. The highest BCUT2D eigenvalue weighted by Crippen LogP contribution is 2.26. The quantitative estimate of drug-likeness (QED) is 0.757. The maximum absolute atomic E-state index is 12.2. The van der Waals surface area contributed by atoms with Crippen molar-refractivity contribution < 1.29 is 4.79 Å². The lowest BCUT2D eigenvalue weighted by Gasteiger charge is -2.26. The number of hydrogen-bond acceptors (Lipinski definition) is 3. The van der Waals surface area contributed by atoms with E-state index in [4.69, 9.17) is 0 Å². The van der Waals surface area contributed by atoms with E-state index in [2.05, 4.69) is 41.1 Å². The highest BCUT2D eigenvalue weighted by molar-refractivity contribution is 5.83. The van der Waals surface area contributed by atoms with E-state index in [1.54, 1.807) is 0 Å². The fourth-order valence-corrected chi connectivity index (χ4v) is 3.12. The Morgan fingerprint density at radius 3 is 2.58 bits per heavy atom. The van der Waals surface area contributed by atoms with Crippen LogP contribution in [-0.2, 0) is 11.3 Å². The van der Waals surface area contributed by atoms with E-state index in [1.807, 2.05) is 11.9 Å². The number of nitrogens with zero attached hydrogens (tertiary/aromatic N) is 3. The lowest BCUT2D eigenvalue weighted by Crippen LogP contribution is -2.42. The molecule has 1 aromatic rings. The van der Waals surface area contributed by atoms with Crippen molar-refractivity contribution in [3.8, 4) is 0 Å². The Balaban J connectivity index is 1.85. The number of anilines is 1. The molecule has 0 saturated carbocycles. The van der Waals surface area contributed by atoms with Gasteiger partial charge in [0.25, 0.3) is 0 Å². The molecular weight excluding hydrogens is 238 g/mol. The largest absolute Gasteiger partial charge is 0.373 e. The zero-order valence-corrected chi connectivity index (χ0v) is 11.7. The second-order valence-corrected chi connectivity index (χ2v) is 5.59. The average molecular weight is 259 g/mol. The van der Waals surface area contributed by atoms with Crippen LogP contribution < -0.4 is 4.90 Å². The minimum absolute atomic E-state index is 0.0737. The standard InChI is InChI=1S/C15H21N3O/c1-16-9-10-18(14-7-8-17(2)15(14)19)11-12-5-3-4-6-13(12)16/h3-6,14H,7-11H2,1-2H3. The van der Waals surface area contributed by atoms with E-state index in [1.165, 1.54) is 11.3 Å². The number of carbonyl (C=O) groups excluding carboxylic acids is 1. The van der Waals surface area contributed by atoms with Crippen molar-refractivity contribution in [1.29, 1.82) is 0 Å².